The standard InChI is InChI=1S/C20H25ClN4O4S/c1-4-25(30(28,29)19-14(2)22-23(3)20(19)21)18(27)12-11-17(26)24-13-7-9-15-8-5-6-10-16(15)24/h5-6,8,10H,4,7,9,11-13H2,1-3H3. The highest BCUT2D eigenvalue weighted by Gasteiger charge is 2.34. The summed E-state index contributed by atoms with van der Waals surface area (Å²) in [6, 6.07) is 7.70. The molecule has 0 spiro atoms. The first-order valence-corrected chi connectivity index (χ1v) is 11.6. The Morgan fingerprint density at radius 2 is 1.93 bits per heavy atom. The van der Waals surface area contributed by atoms with E-state index in [1.54, 1.807) is 11.8 Å². The summed E-state index contributed by atoms with van der Waals surface area (Å²) in [5, 5.41) is 3.96. The summed E-state index contributed by atoms with van der Waals surface area (Å²) in [7, 11) is -2.64. The second-order valence-electron chi connectivity index (χ2n) is 7.17. The van der Waals surface area contributed by atoms with E-state index in [2.05, 4.69) is 5.10 Å². The minimum Gasteiger partial charge on any atom is -0.312 e. The molecule has 0 unspecified atom stereocenters. The van der Waals surface area contributed by atoms with Gasteiger partial charge in [0.2, 0.25) is 11.8 Å². The number of carbonyl (C=O) groups excluding carboxylic acids is 2. The Labute approximate surface area is 181 Å². The zero-order valence-electron chi connectivity index (χ0n) is 17.3. The van der Waals surface area contributed by atoms with Crippen LogP contribution in [0.1, 0.15) is 37.4 Å². The molecule has 30 heavy (non-hydrogen) atoms. The number of nitrogens with zero attached hydrogens (tertiary/aromatic N) is 4. The van der Waals surface area contributed by atoms with Gasteiger partial charge in [0.15, 0.2) is 0 Å². The van der Waals surface area contributed by atoms with Gasteiger partial charge in [-0.25, -0.2) is 12.7 Å². The van der Waals surface area contributed by atoms with Gasteiger partial charge in [0.1, 0.15) is 10.0 Å². The van der Waals surface area contributed by atoms with Crippen LogP contribution in [0.15, 0.2) is 29.2 Å². The Balaban J connectivity index is 1.74. The number of hydrogen-bond acceptors (Lipinski definition) is 5. The van der Waals surface area contributed by atoms with Gasteiger partial charge in [-0.2, -0.15) is 5.10 Å². The van der Waals surface area contributed by atoms with E-state index in [1.807, 2.05) is 24.3 Å². The molecular formula is C20H25ClN4O4S. The molecule has 10 heteroatoms. The molecule has 0 N–H and O–H groups in total. The van der Waals surface area contributed by atoms with Gasteiger partial charge in [-0.05, 0) is 38.3 Å². The SMILES string of the molecule is CCN(C(=O)CCC(=O)N1CCCc2ccccc21)S(=O)(=O)c1c(C)nn(C)c1Cl. The van der Waals surface area contributed by atoms with Crippen LogP contribution in [-0.2, 0) is 33.1 Å². The third-order valence-electron chi connectivity index (χ3n) is 5.18. The highest BCUT2D eigenvalue weighted by atomic mass is 35.5. The normalized spacial score (nSPS) is 13.8. The lowest BCUT2D eigenvalue weighted by Gasteiger charge is -2.29. The summed E-state index contributed by atoms with van der Waals surface area (Å²) in [5.74, 6) is -0.838. The van der Waals surface area contributed by atoms with E-state index in [1.165, 1.54) is 18.7 Å². The van der Waals surface area contributed by atoms with Crippen molar-refractivity contribution in [1.29, 1.82) is 0 Å². The second kappa shape index (κ2) is 8.77. The largest absolute Gasteiger partial charge is 0.312 e. The molecule has 2 amide bonds. The Hall–Kier alpha value is -2.39. The van der Waals surface area contributed by atoms with Crippen molar-refractivity contribution in [2.45, 2.75) is 44.4 Å². The Morgan fingerprint density at radius 1 is 1.23 bits per heavy atom. The van der Waals surface area contributed by atoms with E-state index in [4.69, 9.17) is 11.6 Å². The van der Waals surface area contributed by atoms with Crippen molar-refractivity contribution in [3.8, 4) is 0 Å². The predicted octanol–water partition coefficient (Wildman–Crippen LogP) is 2.68. The first-order valence-electron chi connectivity index (χ1n) is 9.81. The minimum atomic E-state index is -4.17. The van der Waals surface area contributed by atoms with Gasteiger partial charge in [0.25, 0.3) is 10.0 Å². The van der Waals surface area contributed by atoms with Crippen molar-refractivity contribution >= 4 is 39.1 Å². The summed E-state index contributed by atoms with van der Waals surface area (Å²) in [4.78, 5) is 27.0. The number of aryl methyl sites for hydroxylation is 3. The summed E-state index contributed by atoms with van der Waals surface area (Å²) >= 11 is 6.10. The van der Waals surface area contributed by atoms with Gasteiger partial charge in [0, 0.05) is 38.7 Å². The molecule has 1 aromatic heterocycles. The highest BCUT2D eigenvalue weighted by Crippen LogP contribution is 2.29. The van der Waals surface area contributed by atoms with Gasteiger partial charge in [0.05, 0.1) is 5.69 Å². The molecule has 0 fully saturated rings. The van der Waals surface area contributed by atoms with Crippen molar-refractivity contribution in [2.75, 3.05) is 18.0 Å². The summed E-state index contributed by atoms with van der Waals surface area (Å²) in [5.41, 5.74) is 2.18. The van der Waals surface area contributed by atoms with Crippen LogP contribution >= 0.6 is 11.6 Å². The van der Waals surface area contributed by atoms with Gasteiger partial charge in [-0.3, -0.25) is 14.3 Å². The molecule has 8 nitrogen and oxygen atoms in total. The molecule has 0 atom stereocenters. The average Bonchev–Trinajstić information content (AvgIpc) is 2.98. The van der Waals surface area contributed by atoms with Crippen LogP contribution in [-0.4, -0.2) is 47.4 Å². The lowest BCUT2D eigenvalue weighted by molar-refractivity contribution is -0.129. The third kappa shape index (κ3) is 4.09. The molecule has 0 aliphatic carbocycles. The fraction of sp³-hybridized carbons (Fsp3) is 0.450. The van der Waals surface area contributed by atoms with Gasteiger partial charge in [-0.1, -0.05) is 29.8 Å². The van der Waals surface area contributed by atoms with Gasteiger partial charge >= 0.3 is 0 Å². The monoisotopic (exact) mass is 452 g/mol. The zero-order valence-corrected chi connectivity index (χ0v) is 18.8. The number of rotatable bonds is 6. The topological polar surface area (TPSA) is 92.6 Å². The molecule has 1 aliphatic heterocycles. The van der Waals surface area contributed by atoms with Crippen LogP contribution in [0.2, 0.25) is 5.15 Å². The molecular weight excluding hydrogens is 428 g/mol. The molecule has 0 saturated heterocycles. The van der Waals surface area contributed by atoms with E-state index in [9.17, 15) is 18.0 Å². The lowest BCUT2D eigenvalue weighted by atomic mass is 10.0. The van der Waals surface area contributed by atoms with Crippen molar-refractivity contribution in [1.82, 2.24) is 14.1 Å². The molecule has 0 saturated carbocycles. The lowest BCUT2D eigenvalue weighted by Crippen LogP contribution is -2.39. The van der Waals surface area contributed by atoms with Crippen LogP contribution in [0.25, 0.3) is 0 Å². The number of aromatic nitrogens is 2. The Morgan fingerprint density at radius 3 is 2.57 bits per heavy atom. The molecule has 162 valence electrons. The molecule has 2 heterocycles. The average molecular weight is 453 g/mol. The Kier molecular flexibility index (Phi) is 6.52. The second-order valence-corrected chi connectivity index (χ2v) is 9.33. The molecule has 1 aromatic carbocycles. The number of hydrogen-bond donors (Lipinski definition) is 0. The van der Waals surface area contributed by atoms with Crippen LogP contribution in [0.3, 0.4) is 0 Å². The van der Waals surface area contributed by atoms with Gasteiger partial charge in [-0.15, -0.1) is 0 Å². The summed E-state index contributed by atoms with van der Waals surface area (Å²) < 4.78 is 28.1. The van der Waals surface area contributed by atoms with Crippen LogP contribution < -0.4 is 4.90 Å². The van der Waals surface area contributed by atoms with Crippen molar-refractivity contribution in [3.63, 3.8) is 0 Å². The minimum absolute atomic E-state index is 0.0558. The first-order chi connectivity index (χ1) is 14.2. The molecule has 2 aromatic rings. The smallest absolute Gasteiger partial charge is 0.271 e. The molecule has 3 rings (SSSR count). The fourth-order valence-corrected chi connectivity index (χ4v) is 5.91. The van der Waals surface area contributed by atoms with E-state index in [0.29, 0.717) is 6.54 Å². The number of sulfonamides is 1. The quantitative estimate of drug-likeness (QED) is 0.671. The van der Waals surface area contributed by atoms with Crippen LogP contribution in [0.5, 0.6) is 0 Å². The third-order valence-corrected chi connectivity index (χ3v) is 7.77. The van der Waals surface area contributed by atoms with Crippen LogP contribution in [0.4, 0.5) is 5.69 Å². The van der Waals surface area contributed by atoms with E-state index in [-0.39, 0.29) is 41.0 Å². The molecule has 0 radical (unpaired) electrons. The van der Waals surface area contributed by atoms with Crippen molar-refractivity contribution < 1.29 is 18.0 Å². The number of benzene rings is 1. The zero-order chi connectivity index (χ0) is 22.1. The van der Waals surface area contributed by atoms with Gasteiger partial charge < -0.3 is 4.90 Å². The summed E-state index contributed by atoms with van der Waals surface area (Å²) in [6.45, 7) is 3.61. The van der Waals surface area contributed by atoms with E-state index >= 15 is 0 Å². The maximum Gasteiger partial charge on any atom is 0.271 e. The van der Waals surface area contributed by atoms with E-state index in [0.717, 1.165) is 28.4 Å². The number of amides is 2. The number of fused-ring (bicyclic) bond motifs is 1. The molecule has 0 bridgehead atoms. The fourth-order valence-electron chi connectivity index (χ4n) is 3.76. The summed E-state index contributed by atoms with van der Waals surface area (Å²) in [6.07, 6.45) is 1.48. The maximum absolute atomic E-state index is 13.0. The van der Waals surface area contributed by atoms with Crippen molar-refractivity contribution in [3.05, 3.63) is 40.7 Å². The van der Waals surface area contributed by atoms with Crippen LogP contribution in [0, 0.1) is 6.92 Å². The van der Waals surface area contributed by atoms with Crippen molar-refractivity contribution in [2.24, 2.45) is 7.05 Å². The number of halogens is 1. The number of carbonyl (C=O) groups is 2. The highest BCUT2D eigenvalue weighted by molar-refractivity contribution is 7.89. The number of para-hydroxylation sites is 1. The number of anilines is 1. The maximum atomic E-state index is 13.0. The van der Waals surface area contributed by atoms with E-state index < -0.39 is 15.9 Å². The first kappa shape index (κ1) is 22.3. The predicted molar refractivity (Wildman–Crippen MR) is 114 cm³/mol. The molecule has 1 aliphatic rings. The Bertz CT molecular complexity index is 1080.